The maximum Gasteiger partial charge on any atom is 0.265 e. The molecule has 1 aromatic heterocycles. The minimum absolute atomic E-state index is 0. The van der Waals surface area contributed by atoms with Gasteiger partial charge in [0.1, 0.15) is 11.3 Å². The molecule has 1 aliphatic rings. The highest BCUT2D eigenvalue weighted by Crippen LogP contribution is 2.41. The van der Waals surface area contributed by atoms with E-state index in [1.807, 2.05) is 0 Å². The second-order valence-corrected chi connectivity index (χ2v) is 5.92. The average molecular weight is 367 g/mol. The number of anilines is 1. The summed E-state index contributed by atoms with van der Waals surface area (Å²) in [6, 6.07) is 9.03. The van der Waals surface area contributed by atoms with Crippen molar-refractivity contribution in [2.75, 3.05) is 12.8 Å². The number of carbonyl (C=O) groups is 2. The van der Waals surface area contributed by atoms with Crippen LogP contribution in [0, 0.1) is 5.82 Å². The van der Waals surface area contributed by atoms with E-state index in [-0.39, 0.29) is 42.4 Å². The number of methoxy groups -OCH3 is 1. The van der Waals surface area contributed by atoms with Gasteiger partial charge in [0.2, 0.25) is 0 Å². The molecule has 0 unspecified atom stereocenters. The van der Waals surface area contributed by atoms with Crippen LogP contribution in [-0.2, 0) is 6.54 Å². The summed E-state index contributed by atoms with van der Waals surface area (Å²) in [4.78, 5) is 31.1. The summed E-state index contributed by atoms with van der Waals surface area (Å²) in [6.45, 7) is 0.0129. The number of halogens is 1. The number of fused-ring (bicyclic) bond motifs is 2. The predicted molar refractivity (Wildman–Crippen MR) is 100 cm³/mol. The van der Waals surface area contributed by atoms with Gasteiger partial charge in [-0.1, -0.05) is 19.6 Å². The summed E-state index contributed by atoms with van der Waals surface area (Å²) in [5.74, 6) is -1.18. The van der Waals surface area contributed by atoms with Gasteiger partial charge in [-0.2, -0.15) is 0 Å². The largest absolute Gasteiger partial charge is 0.494 e. The normalized spacial score (nSPS) is 12.9. The van der Waals surface area contributed by atoms with Gasteiger partial charge in [0.15, 0.2) is 5.75 Å². The number of carbonyl (C=O) groups excluding carboxylic acids is 2. The van der Waals surface area contributed by atoms with Gasteiger partial charge in [-0.25, -0.2) is 4.39 Å². The number of ether oxygens (including phenoxy) is 1. The Kier molecular flexibility index (Phi) is 4.53. The number of imide groups is 1. The van der Waals surface area contributed by atoms with Crippen molar-refractivity contribution in [3.63, 3.8) is 0 Å². The maximum atomic E-state index is 13.1. The first-order valence-corrected chi connectivity index (χ1v) is 7.87. The fourth-order valence-corrected chi connectivity index (χ4v) is 3.21. The second-order valence-electron chi connectivity index (χ2n) is 5.92. The molecule has 0 radical (unpaired) electrons. The molecule has 27 heavy (non-hydrogen) atoms. The van der Waals surface area contributed by atoms with E-state index in [4.69, 9.17) is 10.5 Å². The maximum absolute atomic E-state index is 13.1. The van der Waals surface area contributed by atoms with Crippen LogP contribution in [0.2, 0.25) is 0 Å². The molecule has 2 amide bonds. The fraction of sp³-hybridized carbons (Fsp3) is 0.150. The molecule has 6 nitrogen and oxygen atoms in total. The van der Waals surface area contributed by atoms with Crippen LogP contribution in [0.15, 0.2) is 42.6 Å². The molecular formula is C20H18FN3O3. The molecule has 0 atom stereocenters. The van der Waals surface area contributed by atoms with Crippen LogP contribution in [0.1, 0.15) is 33.7 Å². The number of rotatable bonds is 3. The zero-order valence-electron chi connectivity index (χ0n) is 13.8. The Bertz CT molecular complexity index is 1060. The zero-order valence-corrected chi connectivity index (χ0v) is 13.8. The Balaban J connectivity index is 0.00000210. The number of aromatic nitrogens is 1. The van der Waals surface area contributed by atoms with E-state index in [1.165, 1.54) is 31.4 Å². The van der Waals surface area contributed by atoms with E-state index in [0.29, 0.717) is 16.5 Å². The number of nitrogen functional groups attached to an aromatic ring is 1. The van der Waals surface area contributed by atoms with E-state index >= 15 is 0 Å². The Hall–Kier alpha value is -3.48. The molecule has 0 bridgehead atoms. The lowest BCUT2D eigenvalue weighted by Crippen LogP contribution is -2.29. The van der Waals surface area contributed by atoms with E-state index in [0.717, 1.165) is 4.90 Å². The number of pyridine rings is 1. The third-order valence-corrected chi connectivity index (χ3v) is 4.44. The third kappa shape index (κ3) is 2.68. The fourth-order valence-electron chi connectivity index (χ4n) is 3.21. The van der Waals surface area contributed by atoms with Gasteiger partial charge in [-0.15, -0.1) is 0 Å². The van der Waals surface area contributed by atoms with E-state index in [9.17, 15) is 14.0 Å². The minimum Gasteiger partial charge on any atom is -0.494 e. The first-order valence-electron chi connectivity index (χ1n) is 7.87. The van der Waals surface area contributed by atoms with Crippen LogP contribution in [-0.4, -0.2) is 28.8 Å². The Morgan fingerprint density at radius 1 is 1.11 bits per heavy atom. The van der Waals surface area contributed by atoms with Gasteiger partial charge in [-0.3, -0.25) is 19.5 Å². The second kappa shape index (κ2) is 6.68. The zero-order chi connectivity index (χ0) is 18.4. The van der Waals surface area contributed by atoms with Gasteiger partial charge >= 0.3 is 0 Å². The van der Waals surface area contributed by atoms with Crippen molar-refractivity contribution in [3.8, 4) is 5.75 Å². The average Bonchev–Trinajstić information content (AvgIpc) is 2.89. The van der Waals surface area contributed by atoms with Gasteiger partial charge in [-0.05, 0) is 29.8 Å². The van der Waals surface area contributed by atoms with Gasteiger partial charge in [0, 0.05) is 11.6 Å². The lowest BCUT2D eigenvalue weighted by atomic mass is 10.0. The molecule has 2 aromatic carbocycles. The molecule has 4 rings (SSSR count). The number of nitrogens with two attached hydrogens (primary N) is 1. The highest BCUT2D eigenvalue weighted by Gasteiger charge is 2.41. The van der Waals surface area contributed by atoms with Gasteiger partial charge in [0.25, 0.3) is 11.8 Å². The molecule has 7 heteroatoms. The minimum atomic E-state index is -0.509. The summed E-state index contributed by atoms with van der Waals surface area (Å²) in [5, 5.41) is 0.549. The molecular weight excluding hydrogens is 349 g/mol. The van der Waals surface area contributed by atoms with Crippen LogP contribution >= 0.6 is 0 Å². The van der Waals surface area contributed by atoms with Crippen molar-refractivity contribution in [1.82, 2.24) is 9.88 Å². The number of hydrogen-bond acceptors (Lipinski definition) is 5. The third-order valence-electron chi connectivity index (χ3n) is 4.44. The molecule has 0 aliphatic carbocycles. The molecule has 0 saturated carbocycles. The molecule has 3 aromatic rings. The molecule has 2 heterocycles. The van der Waals surface area contributed by atoms with E-state index in [1.54, 1.807) is 18.3 Å². The lowest BCUT2D eigenvalue weighted by molar-refractivity contribution is 0.0642. The van der Waals surface area contributed by atoms with E-state index < -0.39 is 11.8 Å². The molecule has 1 aliphatic heterocycles. The standard InChI is InChI=1S/C19H14FN3O3.CH4/c1-26-17-14-13(15(21)12-3-2-8-22-16(12)17)18(24)23(19(14)25)9-10-4-6-11(20)7-5-10;/h2-8H,9,21H2,1H3;1H4. The van der Waals surface area contributed by atoms with Crippen LogP contribution in [0.5, 0.6) is 5.75 Å². The van der Waals surface area contributed by atoms with Crippen LogP contribution in [0.3, 0.4) is 0 Å². The van der Waals surface area contributed by atoms with Crippen molar-refractivity contribution >= 4 is 28.4 Å². The Labute approximate surface area is 155 Å². The monoisotopic (exact) mass is 367 g/mol. The number of amides is 2. The first kappa shape index (κ1) is 18.3. The van der Waals surface area contributed by atoms with Gasteiger partial charge < -0.3 is 10.5 Å². The van der Waals surface area contributed by atoms with Crippen LogP contribution < -0.4 is 10.5 Å². The Morgan fingerprint density at radius 2 is 1.78 bits per heavy atom. The summed E-state index contributed by atoms with van der Waals surface area (Å²) >= 11 is 0. The summed E-state index contributed by atoms with van der Waals surface area (Å²) in [5.41, 5.74) is 7.66. The Morgan fingerprint density at radius 3 is 2.44 bits per heavy atom. The first-order chi connectivity index (χ1) is 12.5. The molecule has 2 N–H and O–H groups in total. The number of benzene rings is 2. The van der Waals surface area contributed by atoms with Crippen molar-refractivity contribution in [3.05, 3.63) is 65.1 Å². The smallest absolute Gasteiger partial charge is 0.265 e. The van der Waals surface area contributed by atoms with Gasteiger partial charge in [0.05, 0.1) is 30.5 Å². The molecule has 0 fully saturated rings. The predicted octanol–water partition coefficient (Wildman–Crippen LogP) is 3.40. The molecule has 0 spiro atoms. The van der Waals surface area contributed by atoms with Crippen molar-refractivity contribution < 1.29 is 18.7 Å². The van der Waals surface area contributed by atoms with E-state index in [2.05, 4.69) is 4.98 Å². The SMILES string of the molecule is C.COc1c2c(c(N)c3cccnc13)C(=O)N(Cc1ccc(F)cc1)C2=O. The lowest BCUT2D eigenvalue weighted by Gasteiger charge is -2.13. The molecule has 0 saturated heterocycles. The van der Waals surface area contributed by atoms with Crippen LogP contribution in [0.4, 0.5) is 10.1 Å². The molecule has 138 valence electrons. The quantitative estimate of drug-likeness (QED) is 0.566. The van der Waals surface area contributed by atoms with Crippen molar-refractivity contribution in [2.24, 2.45) is 0 Å². The van der Waals surface area contributed by atoms with Crippen molar-refractivity contribution in [1.29, 1.82) is 0 Å². The summed E-state index contributed by atoms with van der Waals surface area (Å²) in [7, 11) is 1.42. The van der Waals surface area contributed by atoms with Crippen LogP contribution in [0.25, 0.3) is 10.9 Å². The summed E-state index contributed by atoms with van der Waals surface area (Å²) in [6.07, 6.45) is 1.56. The number of nitrogens with zero attached hydrogens (tertiary/aromatic N) is 2. The summed E-state index contributed by atoms with van der Waals surface area (Å²) < 4.78 is 18.5. The highest BCUT2D eigenvalue weighted by atomic mass is 19.1. The topological polar surface area (TPSA) is 85.5 Å². The highest BCUT2D eigenvalue weighted by molar-refractivity contribution is 6.28. The number of hydrogen-bond donors (Lipinski definition) is 1. The van der Waals surface area contributed by atoms with Crippen molar-refractivity contribution in [2.45, 2.75) is 14.0 Å².